The Balaban J connectivity index is 1.52. The molecule has 3 aliphatic rings. The Hall–Kier alpha value is 0.230. The van der Waals surface area contributed by atoms with Crippen LogP contribution in [0.15, 0.2) is 0 Å². The maximum atomic E-state index is 6.19. The summed E-state index contributed by atoms with van der Waals surface area (Å²) in [5.41, 5.74) is 0.653. The van der Waals surface area contributed by atoms with Gasteiger partial charge in [-0.25, -0.2) is 0 Å². The lowest BCUT2D eigenvalue weighted by atomic mass is 9.75. The molecule has 1 aliphatic carbocycles. The summed E-state index contributed by atoms with van der Waals surface area (Å²) < 4.78 is 6.19. The van der Waals surface area contributed by atoms with E-state index in [4.69, 9.17) is 4.74 Å². The lowest BCUT2D eigenvalue weighted by molar-refractivity contribution is -0.0949. The molecule has 0 radical (unpaired) electrons. The van der Waals surface area contributed by atoms with Crippen LogP contribution in [-0.2, 0) is 4.74 Å². The van der Waals surface area contributed by atoms with Crippen LogP contribution in [0.1, 0.15) is 44.9 Å². The molecule has 116 valence electrons. The molecule has 3 fully saturated rings. The van der Waals surface area contributed by atoms with E-state index in [0.717, 1.165) is 13.2 Å². The number of rotatable bonds is 4. The first-order chi connectivity index (χ1) is 9.64. The zero-order chi connectivity index (χ0) is 14.1. The fourth-order valence-corrected chi connectivity index (χ4v) is 5.23. The predicted octanol–water partition coefficient (Wildman–Crippen LogP) is 2.51. The van der Waals surface area contributed by atoms with E-state index in [-0.39, 0.29) is 5.60 Å². The Kier molecular flexibility index (Phi) is 4.66. The van der Waals surface area contributed by atoms with Gasteiger partial charge in [-0.3, -0.25) is 0 Å². The maximum absolute atomic E-state index is 6.19. The molecule has 2 aliphatic heterocycles. The second-order valence-corrected chi connectivity index (χ2v) is 8.41. The summed E-state index contributed by atoms with van der Waals surface area (Å²) in [5.74, 6) is 2.57. The molecule has 1 spiro atoms. The summed E-state index contributed by atoms with van der Waals surface area (Å²) in [5, 5.41) is 3.89. The van der Waals surface area contributed by atoms with Gasteiger partial charge < -0.3 is 15.0 Å². The smallest absolute Gasteiger partial charge is 0.0713 e. The molecule has 2 heterocycles. The number of thioether (sulfide) groups is 1. The van der Waals surface area contributed by atoms with Crippen molar-refractivity contribution in [2.75, 3.05) is 38.8 Å². The molecule has 0 amide bonds. The SMILES string of the molecule is CN(C)C1(CNC2CCOC3(CCSCC3)C2)CCC1. The summed E-state index contributed by atoms with van der Waals surface area (Å²) in [7, 11) is 4.48. The quantitative estimate of drug-likeness (QED) is 0.862. The van der Waals surface area contributed by atoms with Crippen LogP contribution < -0.4 is 5.32 Å². The molecule has 0 aromatic rings. The zero-order valence-electron chi connectivity index (χ0n) is 13.1. The fourth-order valence-electron chi connectivity index (χ4n) is 4.00. The molecule has 0 aromatic heterocycles. The first-order valence-corrected chi connectivity index (χ1v) is 9.42. The molecule has 4 heteroatoms. The first kappa shape index (κ1) is 15.1. The van der Waals surface area contributed by atoms with Crippen molar-refractivity contribution in [2.24, 2.45) is 0 Å². The molecule has 3 rings (SSSR count). The van der Waals surface area contributed by atoms with E-state index in [0.29, 0.717) is 11.6 Å². The average molecular weight is 298 g/mol. The highest BCUT2D eigenvalue weighted by Crippen LogP contribution is 2.39. The minimum Gasteiger partial charge on any atom is -0.375 e. The molecule has 1 atom stereocenters. The van der Waals surface area contributed by atoms with E-state index < -0.39 is 0 Å². The van der Waals surface area contributed by atoms with Gasteiger partial charge in [0.05, 0.1) is 5.60 Å². The lowest BCUT2D eigenvalue weighted by Crippen LogP contribution is -2.59. The standard InChI is InChI=1S/C16H30N2OS/c1-18(2)15(5-3-6-15)13-17-14-4-9-19-16(12-14)7-10-20-11-8-16/h14,17H,3-13H2,1-2H3. The second kappa shape index (κ2) is 6.15. The van der Waals surface area contributed by atoms with Gasteiger partial charge in [-0.2, -0.15) is 11.8 Å². The van der Waals surface area contributed by atoms with Crippen LogP contribution in [0, 0.1) is 0 Å². The van der Waals surface area contributed by atoms with Crippen molar-refractivity contribution in [1.82, 2.24) is 10.2 Å². The Morgan fingerprint density at radius 2 is 1.95 bits per heavy atom. The Morgan fingerprint density at radius 3 is 2.55 bits per heavy atom. The molecule has 1 unspecified atom stereocenters. The third-order valence-corrected chi connectivity index (χ3v) is 6.84. The van der Waals surface area contributed by atoms with Crippen molar-refractivity contribution in [1.29, 1.82) is 0 Å². The highest BCUT2D eigenvalue weighted by molar-refractivity contribution is 7.99. The Bertz CT molecular complexity index is 319. The molecule has 1 N–H and O–H groups in total. The summed E-state index contributed by atoms with van der Waals surface area (Å²) in [6.07, 6.45) is 9.06. The molecule has 2 saturated heterocycles. The molecule has 0 aromatic carbocycles. The highest BCUT2D eigenvalue weighted by Gasteiger charge is 2.42. The topological polar surface area (TPSA) is 24.5 Å². The predicted molar refractivity (Wildman–Crippen MR) is 86.5 cm³/mol. The Morgan fingerprint density at radius 1 is 1.20 bits per heavy atom. The average Bonchev–Trinajstić information content (AvgIpc) is 2.38. The molecule has 1 saturated carbocycles. The minimum atomic E-state index is 0.214. The van der Waals surface area contributed by atoms with Gasteiger partial charge in [-0.15, -0.1) is 0 Å². The molecule has 0 bridgehead atoms. The van der Waals surface area contributed by atoms with Gasteiger partial charge in [-0.05, 0) is 70.5 Å². The van der Waals surface area contributed by atoms with E-state index in [2.05, 4.69) is 36.1 Å². The van der Waals surface area contributed by atoms with Crippen LogP contribution in [0.4, 0.5) is 0 Å². The number of likely N-dealkylation sites (N-methyl/N-ethyl adjacent to an activating group) is 1. The molecular formula is C16H30N2OS. The normalized spacial score (nSPS) is 32.2. The summed E-state index contributed by atoms with van der Waals surface area (Å²) in [6.45, 7) is 2.12. The van der Waals surface area contributed by atoms with Crippen LogP contribution in [0.25, 0.3) is 0 Å². The second-order valence-electron chi connectivity index (χ2n) is 7.19. The van der Waals surface area contributed by atoms with E-state index in [1.165, 1.54) is 56.5 Å². The van der Waals surface area contributed by atoms with Gasteiger partial charge in [0, 0.05) is 24.7 Å². The third-order valence-electron chi connectivity index (χ3n) is 5.85. The van der Waals surface area contributed by atoms with Gasteiger partial charge in [0.25, 0.3) is 0 Å². The van der Waals surface area contributed by atoms with Crippen LogP contribution in [0.5, 0.6) is 0 Å². The van der Waals surface area contributed by atoms with Crippen LogP contribution >= 0.6 is 11.8 Å². The first-order valence-electron chi connectivity index (χ1n) is 8.27. The summed E-state index contributed by atoms with van der Waals surface area (Å²) >= 11 is 2.09. The van der Waals surface area contributed by atoms with Crippen LogP contribution in [-0.4, -0.2) is 60.8 Å². The summed E-state index contributed by atoms with van der Waals surface area (Å²) in [4.78, 5) is 2.44. The third kappa shape index (κ3) is 3.03. The number of hydrogen-bond acceptors (Lipinski definition) is 4. The van der Waals surface area contributed by atoms with E-state index in [9.17, 15) is 0 Å². The minimum absolute atomic E-state index is 0.214. The van der Waals surface area contributed by atoms with Gasteiger partial charge in [0.1, 0.15) is 0 Å². The molecular weight excluding hydrogens is 268 g/mol. The van der Waals surface area contributed by atoms with E-state index >= 15 is 0 Å². The fraction of sp³-hybridized carbons (Fsp3) is 1.00. The zero-order valence-corrected chi connectivity index (χ0v) is 13.9. The van der Waals surface area contributed by atoms with Crippen molar-refractivity contribution >= 4 is 11.8 Å². The molecule has 3 nitrogen and oxygen atoms in total. The number of hydrogen-bond donors (Lipinski definition) is 1. The van der Waals surface area contributed by atoms with Crippen molar-refractivity contribution < 1.29 is 4.74 Å². The Labute approximate surface area is 128 Å². The van der Waals surface area contributed by atoms with E-state index in [1.54, 1.807) is 0 Å². The summed E-state index contributed by atoms with van der Waals surface area (Å²) in [6, 6.07) is 0.671. The van der Waals surface area contributed by atoms with Gasteiger partial charge in [0.2, 0.25) is 0 Å². The van der Waals surface area contributed by atoms with Gasteiger partial charge >= 0.3 is 0 Å². The van der Waals surface area contributed by atoms with Gasteiger partial charge in [-0.1, -0.05) is 0 Å². The monoisotopic (exact) mass is 298 g/mol. The largest absolute Gasteiger partial charge is 0.375 e. The lowest BCUT2D eigenvalue weighted by Gasteiger charge is -2.49. The number of nitrogens with zero attached hydrogens (tertiary/aromatic N) is 1. The van der Waals surface area contributed by atoms with Crippen molar-refractivity contribution in [3.05, 3.63) is 0 Å². The van der Waals surface area contributed by atoms with Crippen molar-refractivity contribution in [2.45, 2.75) is 62.1 Å². The van der Waals surface area contributed by atoms with Crippen molar-refractivity contribution in [3.8, 4) is 0 Å². The highest BCUT2D eigenvalue weighted by atomic mass is 32.2. The van der Waals surface area contributed by atoms with Crippen molar-refractivity contribution in [3.63, 3.8) is 0 Å². The van der Waals surface area contributed by atoms with Crippen LogP contribution in [0.2, 0.25) is 0 Å². The maximum Gasteiger partial charge on any atom is 0.0713 e. The van der Waals surface area contributed by atoms with E-state index in [1.807, 2.05) is 0 Å². The number of nitrogens with one attached hydrogen (secondary N) is 1. The molecule has 20 heavy (non-hydrogen) atoms. The van der Waals surface area contributed by atoms with Crippen LogP contribution in [0.3, 0.4) is 0 Å². The van der Waals surface area contributed by atoms with Gasteiger partial charge in [0.15, 0.2) is 0 Å². The number of ether oxygens (including phenoxy) is 1.